The third-order valence-corrected chi connectivity index (χ3v) is 7.37. The molecule has 228 valence electrons. The lowest BCUT2D eigenvalue weighted by Gasteiger charge is -2.28. The minimum Gasteiger partial charge on any atom is -0.507 e. The van der Waals surface area contributed by atoms with Crippen molar-refractivity contribution in [1.29, 1.82) is 0 Å². The Kier molecular flexibility index (Phi) is 10.6. The number of phenolic OH excluding ortho intramolecular Hbond substituents is 2. The van der Waals surface area contributed by atoms with E-state index >= 15 is 0 Å². The van der Waals surface area contributed by atoms with Gasteiger partial charge < -0.3 is 20.8 Å². The lowest BCUT2D eigenvalue weighted by Crippen LogP contribution is -2.29. The summed E-state index contributed by atoms with van der Waals surface area (Å²) in [6.45, 7) is 28.5. The summed E-state index contributed by atoms with van der Waals surface area (Å²) in [5.74, 6) is 0.829. The van der Waals surface area contributed by atoms with Gasteiger partial charge in [0.2, 0.25) is 0 Å². The normalized spacial score (nSPS) is 14.3. The van der Waals surface area contributed by atoms with Crippen molar-refractivity contribution in [2.75, 3.05) is 6.54 Å². The van der Waals surface area contributed by atoms with Crippen LogP contribution in [0.2, 0.25) is 0 Å². The van der Waals surface area contributed by atoms with E-state index in [1.807, 2.05) is 6.92 Å². The van der Waals surface area contributed by atoms with Gasteiger partial charge in [0.15, 0.2) is 0 Å². The molecular formula is C37H58N2O2. The summed E-state index contributed by atoms with van der Waals surface area (Å²) in [6, 6.07) is 8.60. The van der Waals surface area contributed by atoms with Crippen LogP contribution >= 0.6 is 0 Å². The number of phenols is 2. The Morgan fingerprint density at radius 3 is 1.10 bits per heavy atom. The van der Waals surface area contributed by atoms with Gasteiger partial charge in [0.25, 0.3) is 0 Å². The third-order valence-electron chi connectivity index (χ3n) is 7.37. The highest BCUT2D eigenvalue weighted by Crippen LogP contribution is 2.41. The van der Waals surface area contributed by atoms with Crippen molar-refractivity contribution in [3.63, 3.8) is 0 Å². The van der Waals surface area contributed by atoms with Gasteiger partial charge in [-0.1, -0.05) is 120 Å². The molecule has 0 radical (unpaired) electrons. The van der Waals surface area contributed by atoms with Crippen molar-refractivity contribution in [2.24, 2.45) is 5.73 Å². The predicted octanol–water partition coefficient (Wildman–Crippen LogP) is 8.75. The summed E-state index contributed by atoms with van der Waals surface area (Å²) >= 11 is 0. The Hall–Kier alpha value is -2.72. The Morgan fingerprint density at radius 2 is 0.878 bits per heavy atom. The SMILES string of the molecule is CC(N)CN(C=CCc1cc(C(C)(C)C)c(O)c(C(C)(C)C)c1)C=CCc1cc(C(C)(C)C)c(O)c(C(C)(C)C)c1. The first kappa shape index (κ1) is 34.5. The molecule has 0 aromatic heterocycles. The largest absolute Gasteiger partial charge is 0.507 e. The molecule has 0 bridgehead atoms. The number of nitrogens with zero attached hydrogens (tertiary/aromatic N) is 1. The minimum absolute atomic E-state index is 0.0200. The monoisotopic (exact) mass is 562 g/mol. The van der Waals surface area contributed by atoms with Crippen LogP contribution in [0.4, 0.5) is 0 Å². The van der Waals surface area contributed by atoms with Crippen LogP contribution in [-0.2, 0) is 34.5 Å². The van der Waals surface area contributed by atoms with Crippen LogP contribution in [0.5, 0.6) is 11.5 Å². The molecule has 0 aliphatic carbocycles. The molecule has 4 heteroatoms. The van der Waals surface area contributed by atoms with E-state index in [9.17, 15) is 10.2 Å². The fourth-order valence-corrected chi connectivity index (χ4v) is 5.06. The lowest BCUT2D eigenvalue weighted by atomic mass is 9.78. The van der Waals surface area contributed by atoms with Gasteiger partial charge in [0.1, 0.15) is 11.5 Å². The van der Waals surface area contributed by atoms with Crippen molar-refractivity contribution < 1.29 is 10.2 Å². The number of aromatic hydroxyl groups is 2. The second-order valence-corrected chi connectivity index (χ2v) is 15.9. The van der Waals surface area contributed by atoms with Crippen LogP contribution in [-0.4, -0.2) is 27.7 Å². The second kappa shape index (κ2) is 12.7. The van der Waals surface area contributed by atoms with Crippen molar-refractivity contribution in [1.82, 2.24) is 4.90 Å². The smallest absolute Gasteiger partial charge is 0.123 e. The van der Waals surface area contributed by atoms with Crippen molar-refractivity contribution in [3.05, 3.63) is 82.2 Å². The molecule has 1 unspecified atom stereocenters. The van der Waals surface area contributed by atoms with E-state index in [1.165, 1.54) is 11.1 Å². The quantitative estimate of drug-likeness (QED) is 0.301. The van der Waals surface area contributed by atoms with Gasteiger partial charge in [0.05, 0.1) is 0 Å². The van der Waals surface area contributed by atoms with Crippen LogP contribution in [0.25, 0.3) is 0 Å². The fourth-order valence-electron chi connectivity index (χ4n) is 5.06. The van der Waals surface area contributed by atoms with Gasteiger partial charge >= 0.3 is 0 Å². The molecule has 0 aliphatic rings. The van der Waals surface area contributed by atoms with Crippen molar-refractivity contribution >= 4 is 0 Å². The maximum absolute atomic E-state index is 11.1. The van der Waals surface area contributed by atoms with E-state index in [1.54, 1.807) is 0 Å². The van der Waals surface area contributed by atoms with Crippen LogP contribution in [0.3, 0.4) is 0 Å². The Morgan fingerprint density at radius 1 is 0.610 bits per heavy atom. The highest BCUT2D eigenvalue weighted by Gasteiger charge is 2.27. The van der Waals surface area contributed by atoms with E-state index in [0.29, 0.717) is 18.0 Å². The first-order chi connectivity index (χ1) is 18.5. The average Bonchev–Trinajstić information content (AvgIpc) is 2.77. The number of rotatable bonds is 8. The zero-order valence-electron chi connectivity index (χ0n) is 28.2. The van der Waals surface area contributed by atoms with Crippen LogP contribution in [0, 0.1) is 0 Å². The molecule has 0 amide bonds. The topological polar surface area (TPSA) is 69.7 Å². The van der Waals surface area contributed by atoms with Gasteiger partial charge in [-0.15, -0.1) is 0 Å². The van der Waals surface area contributed by atoms with Crippen LogP contribution < -0.4 is 5.73 Å². The zero-order valence-corrected chi connectivity index (χ0v) is 28.2. The molecule has 2 aromatic carbocycles. The standard InChI is InChI=1S/C37H58N2O2/c1-25(38)24-39(18-14-16-26-20-28(34(2,3)4)32(40)29(21-26)35(5,6)7)19-15-17-27-22-30(36(8,9)10)33(41)31(23-27)37(11,12)13/h14-15,18-23,25,40-41H,16-17,24,38H2,1-13H3. The molecule has 41 heavy (non-hydrogen) atoms. The molecule has 0 spiro atoms. The van der Waals surface area contributed by atoms with Gasteiger partial charge in [-0.2, -0.15) is 0 Å². The summed E-state index contributed by atoms with van der Waals surface area (Å²) in [6.07, 6.45) is 10.1. The first-order valence-corrected chi connectivity index (χ1v) is 15.1. The van der Waals surface area contributed by atoms with Crippen LogP contribution in [0.15, 0.2) is 48.8 Å². The molecule has 0 heterocycles. The highest BCUT2D eigenvalue weighted by molar-refractivity contribution is 5.51. The summed E-state index contributed by atoms with van der Waals surface area (Å²) in [5, 5.41) is 22.1. The number of hydrogen-bond acceptors (Lipinski definition) is 4. The molecular weight excluding hydrogens is 504 g/mol. The number of hydrogen-bond donors (Lipinski definition) is 3. The maximum Gasteiger partial charge on any atom is 0.123 e. The number of nitrogens with two attached hydrogens (primary N) is 1. The molecule has 0 fully saturated rings. The molecule has 1 atom stereocenters. The third kappa shape index (κ3) is 9.67. The minimum atomic E-state index is -0.151. The summed E-state index contributed by atoms with van der Waals surface area (Å²) < 4.78 is 0. The molecule has 0 aliphatic heterocycles. The Balaban J connectivity index is 2.35. The van der Waals surface area contributed by atoms with Gasteiger partial charge in [0, 0.05) is 12.6 Å². The van der Waals surface area contributed by atoms with E-state index in [-0.39, 0.29) is 27.7 Å². The highest BCUT2D eigenvalue weighted by atomic mass is 16.3. The molecule has 2 aromatic rings. The zero-order chi connectivity index (χ0) is 31.6. The lowest BCUT2D eigenvalue weighted by molar-refractivity contribution is 0.422. The molecule has 4 N–H and O–H groups in total. The maximum atomic E-state index is 11.1. The predicted molar refractivity (Wildman–Crippen MR) is 177 cm³/mol. The summed E-state index contributed by atoms with van der Waals surface area (Å²) in [5.41, 5.74) is 11.9. The fraction of sp³-hybridized carbons (Fsp3) is 0.568. The number of benzene rings is 2. The van der Waals surface area contributed by atoms with E-state index in [4.69, 9.17) is 5.73 Å². The average molecular weight is 563 g/mol. The van der Waals surface area contributed by atoms with Gasteiger partial charge in [-0.3, -0.25) is 0 Å². The molecule has 2 rings (SSSR count). The Labute approximate surface area is 251 Å². The second-order valence-electron chi connectivity index (χ2n) is 15.9. The first-order valence-electron chi connectivity index (χ1n) is 15.1. The van der Waals surface area contributed by atoms with Gasteiger partial charge in [-0.05, 0) is 87.2 Å². The summed E-state index contributed by atoms with van der Waals surface area (Å²) in [4.78, 5) is 2.15. The van der Waals surface area contributed by atoms with Crippen molar-refractivity contribution in [2.45, 2.75) is 131 Å². The van der Waals surface area contributed by atoms with Gasteiger partial charge in [-0.25, -0.2) is 0 Å². The van der Waals surface area contributed by atoms with E-state index in [0.717, 1.165) is 35.1 Å². The van der Waals surface area contributed by atoms with E-state index < -0.39 is 0 Å². The van der Waals surface area contributed by atoms with E-state index in [2.05, 4.69) is 137 Å². The molecule has 0 saturated heterocycles. The van der Waals surface area contributed by atoms with Crippen molar-refractivity contribution in [3.8, 4) is 11.5 Å². The summed E-state index contributed by atoms with van der Waals surface area (Å²) in [7, 11) is 0. The Bertz CT molecular complexity index is 1080. The number of allylic oxidation sites excluding steroid dienone is 2. The molecule has 0 saturated carbocycles. The van der Waals surface area contributed by atoms with Crippen LogP contribution in [0.1, 0.15) is 123 Å². The molecule has 4 nitrogen and oxygen atoms in total.